The molecule has 0 fully saturated rings. The third-order valence-corrected chi connectivity index (χ3v) is 5.23. The van der Waals surface area contributed by atoms with Crippen molar-refractivity contribution in [3.63, 3.8) is 0 Å². The van der Waals surface area contributed by atoms with Crippen LogP contribution in [0.3, 0.4) is 0 Å². The van der Waals surface area contributed by atoms with E-state index in [-0.39, 0.29) is 18.4 Å². The lowest BCUT2D eigenvalue weighted by atomic mass is 10.1. The van der Waals surface area contributed by atoms with Crippen LogP contribution in [-0.2, 0) is 6.18 Å². The second kappa shape index (κ2) is 10.1. The monoisotopic (exact) mass is 489 g/mol. The van der Waals surface area contributed by atoms with Gasteiger partial charge in [0.1, 0.15) is 11.6 Å². The van der Waals surface area contributed by atoms with E-state index >= 15 is 0 Å². The highest BCUT2D eigenvalue weighted by Gasteiger charge is 2.30. The van der Waals surface area contributed by atoms with Crippen molar-refractivity contribution in [2.24, 2.45) is 0 Å². The average molecular weight is 490 g/mol. The summed E-state index contributed by atoms with van der Waals surface area (Å²) >= 11 is 0. The van der Waals surface area contributed by atoms with E-state index in [2.05, 4.69) is 20.5 Å². The topological polar surface area (TPSA) is 64.9 Å². The smallest absolute Gasteiger partial charge is 0.416 e. The van der Waals surface area contributed by atoms with Gasteiger partial charge in [0, 0.05) is 17.8 Å². The van der Waals surface area contributed by atoms with Gasteiger partial charge in [-0.3, -0.25) is 0 Å². The number of hydrogen-bond donors (Lipinski definition) is 1. The predicted molar refractivity (Wildman–Crippen MR) is 127 cm³/mol. The zero-order chi connectivity index (χ0) is 23.6. The fourth-order valence-electron chi connectivity index (χ4n) is 3.43. The Morgan fingerprint density at radius 3 is 2.29 bits per heavy atom. The first-order valence-corrected chi connectivity index (χ1v) is 10.2. The molecule has 0 amide bonds. The molecular weight excluding hydrogens is 467 g/mol. The largest absolute Gasteiger partial charge is 0.495 e. The van der Waals surface area contributed by atoms with E-state index < -0.39 is 11.7 Å². The maximum absolute atomic E-state index is 12.8. The number of halogens is 4. The third-order valence-electron chi connectivity index (χ3n) is 5.23. The summed E-state index contributed by atoms with van der Waals surface area (Å²) in [6, 6.07) is 14.2. The highest BCUT2D eigenvalue weighted by Crippen LogP contribution is 2.31. The molecule has 1 N–H and O–H groups in total. The standard InChI is InChI=1S/C24H22F3N5O.ClH/c1-15-13-32(14-28-15)21-10-6-18(12-22(21)33-3)20-9-11-23(31-30-20)29-16(2)17-4-7-19(8-5-17)24(25,26)27;/h4-14,16H,1-3H3,(H,29,31);1H/t16-;/m0./s1. The van der Waals surface area contributed by atoms with Crippen molar-refractivity contribution in [1.82, 2.24) is 19.7 Å². The first kappa shape index (κ1) is 25.0. The quantitative estimate of drug-likeness (QED) is 0.346. The number of nitrogens with zero attached hydrogens (tertiary/aromatic N) is 4. The molecule has 0 radical (unpaired) electrons. The molecule has 4 rings (SSSR count). The molecule has 1 atom stereocenters. The third kappa shape index (κ3) is 5.48. The molecule has 0 saturated carbocycles. The van der Waals surface area contributed by atoms with Crippen LogP contribution in [0.15, 0.2) is 67.1 Å². The molecule has 178 valence electrons. The zero-order valence-electron chi connectivity index (χ0n) is 18.7. The normalized spacial score (nSPS) is 12.1. The molecule has 2 aromatic heterocycles. The first-order chi connectivity index (χ1) is 15.7. The van der Waals surface area contributed by atoms with Crippen molar-refractivity contribution in [2.75, 3.05) is 12.4 Å². The van der Waals surface area contributed by atoms with Crippen LogP contribution in [0.5, 0.6) is 5.75 Å². The summed E-state index contributed by atoms with van der Waals surface area (Å²) in [5.41, 5.74) is 3.30. The lowest BCUT2D eigenvalue weighted by molar-refractivity contribution is -0.137. The maximum atomic E-state index is 12.8. The van der Waals surface area contributed by atoms with Crippen LogP contribution in [0, 0.1) is 6.92 Å². The summed E-state index contributed by atoms with van der Waals surface area (Å²) < 4.78 is 45.7. The number of methoxy groups -OCH3 is 1. The number of imidazole rings is 1. The Kier molecular flexibility index (Phi) is 7.46. The number of ether oxygens (including phenoxy) is 1. The number of alkyl halides is 3. The Morgan fingerprint density at radius 2 is 1.74 bits per heavy atom. The minimum atomic E-state index is -4.35. The number of benzene rings is 2. The van der Waals surface area contributed by atoms with Crippen molar-refractivity contribution in [1.29, 1.82) is 0 Å². The Bertz CT molecular complexity index is 1240. The van der Waals surface area contributed by atoms with Crippen molar-refractivity contribution >= 4 is 18.2 Å². The summed E-state index contributed by atoms with van der Waals surface area (Å²) in [5.74, 6) is 1.19. The van der Waals surface area contributed by atoms with Gasteiger partial charge >= 0.3 is 6.18 Å². The van der Waals surface area contributed by atoms with Crippen molar-refractivity contribution in [2.45, 2.75) is 26.1 Å². The maximum Gasteiger partial charge on any atom is 0.416 e. The van der Waals surface area contributed by atoms with E-state index in [1.165, 1.54) is 12.1 Å². The number of hydrogen-bond acceptors (Lipinski definition) is 5. The number of anilines is 1. The van der Waals surface area contributed by atoms with E-state index in [1.54, 1.807) is 19.5 Å². The first-order valence-electron chi connectivity index (χ1n) is 10.2. The minimum Gasteiger partial charge on any atom is -0.495 e. The number of aromatic nitrogens is 4. The summed E-state index contributed by atoms with van der Waals surface area (Å²) in [6.07, 6.45) is -0.713. The van der Waals surface area contributed by atoms with Gasteiger partial charge in [0.25, 0.3) is 0 Å². The molecule has 0 aliphatic carbocycles. The van der Waals surface area contributed by atoms with Crippen LogP contribution in [0.4, 0.5) is 19.0 Å². The molecule has 0 aliphatic heterocycles. The van der Waals surface area contributed by atoms with Gasteiger partial charge in [0.15, 0.2) is 0 Å². The minimum absolute atomic E-state index is 0. The number of nitrogens with one attached hydrogen (secondary N) is 1. The van der Waals surface area contributed by atoms with Gasteiger partial charge in [-0.15, -0.1) is 22.6 Å². The molecule has 0 unspecified atom stereocenters. The second-order valence-corrected chi connectivity index (χ2v) is 7.60. The fraction of sp³-hybridized carbons (Fsp3) is 0.208. The molecule has 2 heterocycles. The lowest BCUT2D eigenvalue weighted by Gasteiger charge is -2.16. The molecule has 0 spiro atoms. The van der Waals surface area contributed by atoms with E-state index in [9.17, 15) is 13.2 Å². The molecular formula is C24H23ClF3N5O. The molecule has 6 nitrogen and oxygen atoms in total. The summed E-state index contributed by atoms with van der Waals surface area (Å²) in [7, 11) is 1.60. The van der Waals surface area contributed by atoms with Crippen molar-refractivity contribution in [3.05, 3.63) is 83.9 Å². The second-order valence-electron chi connectivity index (χ2n) is 7.60. The fourth-order valence-corrected chi connectivity index (χ4v) is 3.43. The summed E-state index contributed by atoms with van der Waals surface area (Å²) in [5, 5.41) is 11.7. The Labute approximate surface area is 201 Å². The summed E-state index contributed by atoms with van der Waals surface area (Å²) in [4.78, 5) is 4.25. The van der Waals surface area contributed by atoms with Crippen LogP contribution in [0.25, 0.3) is 16.9 Å². The van der Waals surface area contributed by atoms with Gasteiger partial charge in [-0.05, 0) is 55.8 Å². The highest BCUT2D eigenvalue weighted by molar-refractivity contribution is 5.85. The van der Waals surface area contributed by atoms with Crippen LogP contribution < -0.4 is 10.1 Å². The Balaban J connectivity index is 0.00000324. The Hall–Kier alpha value is -3.59. The molecule has 34 heavy (non-hydrogen) atoms. The highest BCUT2D eigenvalue weighted by atomic mass is 35.5. The number of rotatable bonds is 6. The summed E-state index contributed by atoms with van der Waals surface area (Å²) in [6.45, 7) is 3.76. The van der Waals surface area contributed by atoms with Gasteiger partial charge in [-0.1, -0.05) is 18.2 Å². The molecule has 0 saturated heterocycles. The average Bonchev–Trinajstić information content (AvgIpc) is 3.24. The van der Waals surface area contributed by atoms with E-state index in [0.29, 0.717) is 22.8 Å². The van der Waals surface area contributed by atoms with E-state index in [4.69, 9.17) is 4.74 Å². The van der Waals surface area contributed by atoms with Crippen LogP contribution in [0.1, 0.15) is 29.8 Å². The van der Waals surface area contributed by atoms with Gasteiger partial charge in [-0.25, -0.2) is 4.98 Å². The molecule has 2 aromatic carbocycles. The van der Waals surface area contributed by atoms with Crippen LogP contribution in [-0.4, -0.2) is 26.9 Å². The van der Waals surface area contributed by atoms with Crippen LogP contribution in [0.2, 0.25) is 0 Å². The van der Waals surface area contributed by atoms with Crippen molar-refractivity contribution in [3.8, 4) is 22.7 Å². The lowest BCUT2D eigenvalue weighted by Crippen LogP contribution is -2.10. The number of aryl methyl sites for hydroxylation is 1. The molecule has 0 bridgehead atoms. The van der Waals surface area contributed by atoms with Crippen molar-refractivity contribution < 1.29 is 17.9 Å². The molecule has 10 heteroatoms. The van der Waals surface area contributed by atoms with Crippen LogP contribution >= 0.6 is 12.4 Å². The van der Waals surface area contributed by atoms with Gasteiger partial charge in [0.05, 0.1) is 36.1 Å². The van der Waals surface area contributed by atoms with E-state index in [0.717, 1.165) is 29.1 Å². The molecule has 4 aromatic rings. The van der Waals surface area contributed by atoms with Gasteiger partial charge in [0.2, 0.25) is 0 Å². The van der Waals surface area contributed by atoms with E-state index in [1.807, 2.05) is 48.9 Å². The van der Waals surface area contributed by atoms with Gasteiger partial charge in [-0.2, -0.15) is 13.2 Å². The SMILES string of the molecule is COc1cc(-c2ccc(N[C@@H](C)c3ccc(C(F)(F)F)cc3)nn2)ccc1-n1cnc(C)c1.Cl. The van der Waals surface area contributed by atoms with Gasteiger partial charge < -0.3 is 14.6 Å². The predicted octanol–water partition coefficient (Wildman–Crippen LogP) is 6.26. The molecule has 0 aliphatic rings. The zero-order valence-corrected chi connectivity index (χ0v) is 19.5. The Morgan fingerprint density at radius 1 is 1.00 bits per heavy atom.